The summed E-state index contributed by atoms with van der Waals surface area (Å²) >= 11 is 1.33. The highest BCUT2D eigenvalue weighted by molar-refractivity contribution is 7.99. The molecule has 2 rings (SSSR count). The third kappa shape index (κ3) is 2.19. The lowest BCUT2D eigenvalue weighted by Crippen LogP contribution is -2.00. The maximum absolute atomic E-state index is 5.78. The minimum Gasteiger partial charge on any atom is -0.397 e. The molecule has 0 unspecified atom stereocenters. The third-order valence-electron chi connectivity index (χ3n) is 1.79. The predicted octanol–water partition coefficient (Wildman–Crippen LogP) is 0.987. The van der Waals surface area contributed by atoms with Crippen molar-refractivity contribution in [3.8, 4) is 0 Å². The molecular weight excluding hydrogens is 224 g/mol. The molecule has 0 saturated carbocycles. The lowest BCUT2D eigenvalue weighted by molar-refractivity contribution is 0.614. The van der Waals surface area contributed by atoms with Crippen molar-refractivity contribution >= 4 is 17.4 Å². The Bertz CT molecular complexity index is 494. The number of allylic oxidation sites excluding steroid dienone is 1. The number of rotatable bonds is 4. The van der Waals surface area contributed by atoms with Crippen LogP contribution in [0.3, 0.4) is 0 Å². The van der Waals surface area contributed by atoms with E-state index in [9.17, 15) is 0 Å². The highest BCUT2D eigenvalue weighted by Crippen LogP contribution is 2.27. The summed E-state index contributed by atoms with van der Waals surface area (Å²) in [6, 6.07) is 3.57. The molecule has 0 aromatic carbocycles. The van der Waals surface area contributed by atoms with Gasteiger partial charge in [0.1, 0.15) is 5.03 Å². The average molecular weight is 234 g/mol. The zero-order chi connectivity index (χ0) is 11.4. The van der Waals surface area contributed by atoms with E-state index in [2.05, 4.69) is 27.1 Å². The van der Waals surface area contributed by atoms with Gasteiger partial charge in [0.15, 0.2) is 0 Å². The molecule has 6 nitrogen and oxygen atoms in total. The summed E-state index contributed by atoms with van der Waals surface area (Å²) in [4.78, 5) is 4.16. The predicted molar refractivity (Wildman–Crippen MR) is 60.8 cm³/mol. The van der Waals surface area contributed by atoms with E-state index >= 15 is 0 Å². The summed E-state index contributed by atoms with van der Waals surface area (Å²) in [6.07, 6.45) is 3.41. The molecular formula is C9H10N6S. The number of anilines is 1. The van der Waals surface area contributed by atoms with Gasteiger partial charge in [0.05, 0.1) is 12.2 Å². The molecule has 2 aromatic rings. The van der Waals surface area contributed by atoms with Gasteiger partial charge in [-0.25, -0.2) is 9.67 Å². The van der Waals surface area contributed by atoms with Crippen LogP contribution in [0.1, 0.15) is 0 Å². The molecule has 2 heterocycles. The van der Waals surface area contributed by atoms with Gasteiger partial charge < -0.3 is 5.73 Å². The number of hydrogen-bond donors (Lipinski definition) is 1. The Hall–Kier alpha value is -1.89. The van der Waals surface area contributed by atoms with Crippen molar-refractivity contribution in [1.82, 2.24) is 25.2 Å². The standard InChI is InChI=1S/C9H10N6S/c1-2-6-15-9(12-13-14-15)16-8-7(10)4-3-5-11-8/h2-5H,1,6,10H2. The van der Waals surface area contributed by atoms with E-state index in [1.807, 2.05) is 0 Å². The van der Waals surface area contributed by atoms with Crippen LogP contribution in [0.2, 0.25) is 0 Å². The lowest BCUT2D eigenvalue weighted by Gasteiger charge is -2.02. The highest BCUT2D eigenvalue weighted by Gasteiger charge is 2.09. The number of tetrazole rings is 1. The molecule has 7 heteroatoms. The van der Waals surface area contributed by atoms with Gasteiger partial charge in [-0.15, -0.1) is 11.7 Å². The van der Waals surface area contributed by atoms with Crippen molar-refractivity contribution in [1.29, 1.82) is 0 Å². The van der Waals surface area contributed by atoms with E-state index in [0.29, 0.717) is 22.4 Å². The monoisotopic (exact) mass is 234 g/mol. The molecule has 0 bridgehead atoms. The first-order valence-corrected chi connectivity index (χ1v) is 5.38. The molecule has 0 atom stereocenters. The molecule has 0 amide bonds. The van der Waals surface area contributed by atoms with Crippen molar-refractivity contribution in [2.75, 3.05) is 5.73 Å². The largest absolute Gasteiger partial charge is 0.397 e. The molecule has 0 aliphatic carbocycles. The van der Waals surface area contributed by atoms with Crippen molar-refractivity contribution in [3.63, 3.8) is 0 Å². The Labute approximate surface area is 96.6 Å². The number of aromatic nitrogens is 5. The molecule has 0 fully saturated rings. The second-order valence-electron chi connectivity index (χ2n) is 2.93. The first-order valence-electron chi connectivity index (χ1n) is 4.56. The molecule has 0 aliphatic heterocycles. The summed E-state index contributed by atoms with van der Waals surface area (Å²) in [5.41, 5.74) is 6.39. The quantitative estimate of drug-likeness (QED) is 0.794. The highest BCUT2D eigenvalue weighted by atomic mass is 32.2. The molecule has 82 valence electrons. The Morgan fingerprint density at radius 1 is 1.56 bits per heavy atom. The van der Waals surface area contributed by atoms with Gasteiger partial charge in [-0.05, 0) is 34.3 Å². The van der Waals surface area contributed by atoms with E-state index in [1.165, 1.54) is 11.8 Å². The van der Waals surface area contributed by atoms with Crippen LogP contribution < -0.4 is 5.73 Å². The average Bonchev–Trinajstić information content (AvgIpc) is 2.70. The Morgan fingerprint density at radius 3 is 3.19 bits per heavy atom. The van der Waals surface area contributed by atoms with E-state index in [-0.39, 0.29) is 0 Å². The van der Waals surface area contributed by atoms with E-state index < -0.39 is 0 Å². The number of hydrogen-bond acceptors (Lipinski definition) is 6. The topological polar surface area (TPSA) is 82.5 Å². The molecule has 2 aromatic heterocycles. The Morgan fingerprint density at radius 2 is 2.44 bits per heavy atom. The first-order chi connectivity index (χ1) is 7.81. The van der Waals surface area contributed by atoms with Gasteiger partial charge in [-0.3, -0.25) is 0 Å². The van der Waals surface area contributed by atoms with Crippen molar-refractivity contribution in [2.45, 2.75) is 16.7 Å². The summed E-state index contributed by atoms with van der Waals surface area (Å²) in [5, 5.41) is 12.7. The Balaban J connectivity index is 2.23. The number of nitrogens with zero attached hydrogens (tertiary/aromatic N) is 5. The van der Waals surface area contributed by atoms with Gasteiger partial charge in [0.2, 0.25) is 5.16 Å². The molecule has 0 spiro atoms. The van der Waals surface area contributed by atoms with Crippen LogP contribution in [-0.2, 0) is 6.54 Å². The smallest absolute Gasteiger partial charge is 0.215 e. The zero-order valence-corrected chi connectivity index (χ0v) is 9.26. The van der Waals surface area contributed by atoms with E-state index in [0.717, 1.165) is 0 Å². The fraction of sp³-hybridized carbons (Fsp3) is 0.111. The van der Waals surface area contributed by atoms with Crippen LogP contribution in [0.4, 0.5) is 5.69 Å². The fourth-order valence-electron chi connectivity index (χ4n) is 1.08. The van der Waals surface area contributed by atoms with Crippen LogP contribution in [0.25, 0.3) is 0 Å². The van der Waals surface area contributed by atoms with E-state index in [1.54, 1.807) is 29.1 Å². The summed E-state index contributed by atoms with van der Waals surface area (Å²) in [5.74, 6) is 0. The number of nitrogen functional groups attached to an aromatic ring is 1. The number of pyridine rings is 1. The summed E-state index contributed by atoms with van der Waals surface area (Å²) in [6.45, 7) is 4.19. The SMILES string of the molecule is C=CCn1nnnc1Sc1ncccc1N. The fourth-order valence-corrected chi connectivity index (χ4v) is 1.85. The lowest BCUT2D eigenvalue weighted by atomic mass is 10.4. The molecule has 16 heavy (non-hydrogen) atoms. The minimum absolute atomic E-state index is 0.558. The van der Waals surface area contributed by atoms with Gasteiger partial charge in [-0.1, -0.05) is 6.08 Å². The summed E-state index contributed by atoms with van der Waals surface area (Å²) in [7, 11) is 0. The second-order valence-corrected chi connectivity index (χ2v) is 3.89. The maximum Gasteiger partial charge on any atom is 0.215 e. The normalized spacial score (nSPS) is 10.2. The zero-order valence-electron chi connectivity index (χ0n) is 8.45. The molecule has 2 N–H and O–H groups in total. The van der Waals surface area contributed by atoms with Crippen molar-refractivity contribution in [3.05, 3.63) is 31.0 Å². The van der Waals surface area contributed by atoms with Crippen LogP contribution in [0.15, 0.2) is 41.2 Å². The molecule has 0 aliphatic rings. The van der Waals surface area contributed by atoms with Crippen LogP contribution in [0.5, 0.6) is 0 Å². The first kappa shape index (κ1) is 10.6. The molecule has 0 saturated heterocycles. The maximum atomic E-state index is 5.78. The minimum atomic E-state index is 0.558. The third-order valence-corrected chi connectivity index (χ3v) is 2.80. The van der Waals surface area contributed by atoms with Gasteiger partial charge >= 0.3 is 0 Å². The van der Waals surface area contributed by atoms with Crippen LogP contribution in [-0.4, -0.2) is 25.2 Å². The van der Waals surface area contributed by atoms with Gasteiger partial charge in [0, 0.05) is 6.20 Å². The van der Waals surface area contributed by atoms with Crippen molar-refractivity contribution < 1.29 is 0 Å². The van der Waals surface area contributed by atoms with Gasteiger partial charge in [-0.2, -0.15) is 0 Å². The van der Waals surface area contributed by atoms with Gasteiger partial charge in [0.25, 0.3) is 0 Å². The van der Waals surface area contributed by atoms with Crippen LogP contribution >= 0.6 is 11.8 Å². The second kappa shape index (κ2) is 4.75. The van der Waals surface area contributed by atoms with E-state index in [4.69, 9.17) is 5.73 Å². The Kier molecular flexibility index (Phi) is 3.16. The summed E-state index contributed by atoms with van der Waals surface area (Å²) < 4.78 is 1.63. The number of nitrogens with two attached hydrogens (primary N) is 1. The van der Waals surface area contributed by atoms with Crippen LogP contribution in [0, 0.1) is 0 Å². The van der Waals surface area contributed by atoms with Crippen molar-refractivity contribution in [2.24, 2.45) is 0 Å². The molecule has 0 radical (unpaired) electrons.